The fourth-order valence-corrected chi connectivity index (χ4v) is 3.75. The Balaban J connectivity index is 1.37. The Morgan fingerprint density at radius 2 is 1.91 bits per heavy atom. The molecule has 0 spiro atoms. The Morgan fingerprint density at radius 1 is 1.12 bits per heavy atom. The number of benzene rings is 2. The van der Waals surface area contributed by atoms with E-state index in [1.165, 1.54) is 23.5 Å². The Hall–Kier alpha value is -4.05. The number of carbonyl (C=O) groups excluding carboxylic acids is 2. The molecule has 2 aromatic carbocycles. The van der Waals surface area contributed by atoms with Crippen molar-refractivity contribution >= 4 is 39.7 Å². The van der Waals surface area contributed by atoms with E-state index in [1.807, 2.05) is 18.4 Å². The number of thiazole rings is 1. The number of rotatable bonds is 6. The molecule has 0 saturated heterocycles. The van der Waals surface area contributed by atoms with Gasteiger partial charge in [0.15, 0.2) is 6.61 Å². The molecule has 4 aromatic rings. The van der Waals surface area contributed by atoms with Gasteiger partial charge in [-0.1, -0.05) is 24.3 Å². The number of fused-ring (bicyclic) bond motifs is 1. The predicted octanol–water partition coefficient (Wildman–Crippen LogP) is 2.30. The molecule has 32 heavy (non-hydrogen) atoms. The van der Waals surface area contributed by atoms with Crippen LogP contribution in [0.4, 0.5) is 5.69 Å². The Morgan fingerprint density at radius 3 is 2.66 bits per heavy atom. The van der Waals surface area contributed by atoms with Gasteiger partial charge in [-0.2, -0.15) is 0 Å². The SMILES string of the molecule is Cc1nc(-c2cccc(NC(=O)COC(=O)Cn3[nH]c(=O)c4ccccc4c3=O)c2)cs1. The summed E-state index contributed by atoms with van der Waals surface area (Å²) in [5.74, 6) is -1.37. The predicted molar refractivity (Wildman–Crippen MR) is 121 cm³/mol. The first kappa shape index (κ1) is 21.2. The van der Waals surface area contributed by atoms with Crippen LogP contribution < -0.4 is 16.4 Å². The van der Waals surface area contributed by atoms with E-state index in [1.54, 1.807) is 30.3 Å². The first-order valence-corrected chi connectivity index (χ1v) is 10.5. The number of aromatic amines is 1. The molecular weight excluding hydrogens is 432 g/mol. The molecular formula is C22H18N4O5S. The van der Waals surface area contributed by atoms with Gasteiger partial charge in [0.05, 0.1) is 21.5 Å². The molecule has 162 valence electrons. The van der Waals surface area contributed by atoms with Crippen molar-refractivity contribution in [2.75, 3.05) is 11.9 Å². The van der Waals surface area contributed by atoms with Gasteiger partial charge in [0.2, 0.25) is 0 Å². The Bertz CT molecular complexity index is 1440. The van der Waals surface area contributed by atoms with Crippen LogP contribution in [0, 0.1) is 6.92 Å². The first-order valence-electron chi connectivity index (χ1n) is 9.60. The molecule has 0 aliphatic heterocycles. The number of nitrogens with zero attached hydrogens (tertiary/aromatic N) is 2. The Labute approximate surface area is 185 Å². The van der Waals surface area contributed by atoms with Crippen LogP contribution in [-0.4, -0.2) is 33.2 Å². The highest BCUT2D eigenvalue weighted by Gasteiger charge is 2.13. The van der Waals surface area contributed by atoms with E-state index in [4.69, 9.17) is 4.74 Å². The second-order valence-electron chi connectivity index (χ2n) is 6.92. The molecule has 0 radical (unpaired) electrons. The molecule has 2 aromatic heterocycles. The zero-order valence-electron chi connectivity index (χ0n) is 17.0. The molecule has 1 amide bonds. The summed E-state index contributed by atoms with van der Waals surface area (Å²) in [5.41, 5.74) is 1.16. The van der Waals surface area contributed by atoms with E-state index in [0.29, 0.717) is 5.69 Å². The van der Waals surface area contributed by atoms with E-state index in [2.05, 4.69) is 15.4 Å². The van der Waals surface area contributed by atoms with Crippen LogP contribution in [-0.2, 0) is 20.9 Å². The first-order chi connectivity index (χ1) is 15.4. The number of anilines is 1. The van der Waals surface area contributed by atoms with Gasteiger partial charge in [-0.3, -0.25) is 24.3 Å². The van der Waals surface area contributed by atoms with Gasteiger partial charge in [0.1, 0.15) is 6.54 Å². The largest absolute Gasteiger partial charge is 0.454 e. The number of hydrogen-bond acceptors (Lipinski definition) is 7. The minimum atomic E-state index is -0.833. The lowest BCUT2D eigenvalue weighted by Gasteiger charge is -2.09. The van der Waals surface area contributed by atoms with E-state index in [-0.39, 0.29) is 10.8 Å². The lowest BCUT2D eigenvalue weighted by atomic mass is 10.1. The number of aryl methyl sites for hydroxylation is 1. The average Bonchev–Trinajstić information content (AvgIpc) is 3.22. The van der Waals surface area contributed by atoms with Crippen LogP contribution in [0.25, 0.3) is 22.0 Å². The number of aromatic nitrogens is 3. The number of carbonyl (C=O) groups is 2. The second-order valence-corrected chi connectivity index (χ2v) is 7.98. The smallest absolute Gasteiger partial charge is 0.328 e. The van der Waals surface area contributed by atoms with Crippen molar-refractivity contribution in [3.8, 4) is 11.3 Å². The maximum atomic E-state index is 12.4. The lowest BCUT2D eigenvalue weighted by Crippen LogP contribution is -2.33. The van der Waals surface area contributed by atoms with Crippen molar-refractivity contribution in [2.24, 2.45) is 0 Å². The van der Waals surface area contributed by atoms with Gasteiger partial charge >= 0.3 is 5.97 Å². The molecule has 0 bridgehead atoms. The van der Waals surface area contributed by atoms with Gasteiger partial charge in [-0.15, -0.1) is 11.3 Å². The molecule has 2 heterocycles. The molecule has 9 nitrogen and oxygen atoms in total. The lowest BCUT2D eigenvalue weighted by molar-refractivity contribution is -0.148. The molecule has 4 rings (SSSR count). The van der Waals surface area contributed by atoms with Crippen molar-refractivity contribution in [2.45, 2.75) is 13.5 Å². The average molecular weight is 450 g/mol. The number of ether oxygens (including phenoxy) is 1. The van der Waals surface area contributed by atoms with Crippen molar-refractivity contribution < 1.29 is 14.3 Å². The van der Waals surface area contributed by atoms with Crippen molar-refractivity contribution in [1.82, 2.24) is 14.8 Å². The maximum absolute atomic E-state index is 12.4. The number of esters is 1. The third-order valence-corrected chi connectivity index (χ3v) is 5.37. The van der Waals surface area contributed by atoms with E-state index in [0.717, 1.165) is 20.9 Å². The summed E-state index contributed by atoms with van der Waals surface area (Å²) in [5, 5.41) is 8.29. The molecule has 0 aliphatic carbocycles. The number of H-pyrrole nitrogens is 1. The monoisotopic (exact) mass is 450 g/mol. The fraction of sp³-hybridized carbons (Fsp3) is 0.136. The summed E-state index contributed by atoms with van der Waals surface area (Å²) in [7, 11) is 0. The molecule has 0 unspecified atom stereocenters. The quantitative estimate of drug-likeness (QED) is 0.435. The number of hydrogen-bond donors (Lipinski definition) is 2. The van der Waals surface area contributed by atoms with Gasteiger partial charge in [-0.05, 0) is 31.2 Å². The van der Waals surface area contributed by atoms with Gasteiger partial charge in [0, 0.05) is 16.6 Å². The number of nitrogens with one attached hydrogen (secondary N) is 2. The highest BCUT2D eigenvalue weighted by atomic mass is 32.1. The zero-order valence-corrected chi connectivity index (χ0v) is 17.8. The summed E-state index contributed by atoms with van der Waals surface area (Å²) in [6.07, 6.45) is 0. The summed E-state index contributed by atoms with van der Waals surface area (Å²) in [6.45, 7) is 0.853. The third-order valence-electron chi connectivity index (χ3n) is 4.60. The van der Waals surface area contributed by atoms with Crippen molar-refractivity contribution in [1.29, 1.82) is 0 Å². The fourth-order valence-electron chi connectivity index (χ4n) is 3.13. The molecule has 0 saturated carbocycles. The topological polar surface area (TPSA) is 123 Å². The summed E-state index contributed by atoms with van der Waals surface area (Å²) in [4.78, 5) is 53.3. The van der Waals surface area contributed by atoms with Gasteiger partial charge in [-0.25, -0.2) is 9.67 Å². The molecule has 0 fully saturated rings. The number of amides is 1. The minimum absolute atomic E-state index is 0.192. The highest BCUT2D eigenvalue weighted by molar-refractivity contribution is 7.09. The van der Waals surface area contributed by atoms with E-state index >= 15 is 0 Å². The van der Waals surface area contributed by atoms with Crippen LogP contribution in [0.2, 0.25) is 0 Å². The van der Waals surface area contributed by atoms with Crippen LogP contribution in [0.1, 0.15) is 5.01 Å². The highest BCUT2D eigenvalue weighted by Crippen LogP contribution is 2.24. The van der Waals surface area contributed by atoms with Gasteiger partial charge < -0.3 is 10.1 Å². The second kappa shape index (κ2) is 8.98. The van der Waals surface area contributed by atoms with Gasteiger partial charge in [0.25, 0.3) is 17.0 Å². The zero-order chi connectivity index (χ0) is 22.7. The van der Waals surface area contributed by atoms with Crippen molar-refractivity contribution in [3.63, 3.8) is 0 Å². The summed E-state index contributed by atoms with van der Waals surface area (Å²) in [6, 6.07) is 13.4. The standard InChI is InChI=1S/C22H18N4O5S/c1-13-23-18(12-32-13)14-5-4-6-15(9-14)24-19(27)11-31-20(28)10-26-22(30)17-8-3-2-7-16(17)21(29)25-26/h2-9,12H,10-11H2,1H3,(H,24,27)(H,25,29). The summed E-state index contributed by atoms with van der Waals surface area (Å²) >= 11 is 1.53. The maximum Gasteiger partial charge on any atom is 0.328 e. The third kappa shape index (κ3) is 4.65. The Kier molecular flexibility index (Phi) is 5.95. The molecule has 0 aliphatic rings. The molecule has 10 heteroatoms. The van der Waals surface area contributed by atoms with Crippen LogP contribution in [0.5, 0.6) is 0 Å². The summed E-state index contributed by atoms with van der Waals surface area (Å²) < 4.78 is 5.83. The van der Waals surface area contributed by atoms with Crippen molar-refractivity contribution in [3.05, 3.63) is 79.6 Å². The molecule has 0 atom stereocenters. The normalized spacial score (nSPS) is 10.8. The van der Waals surface area contributed by atoms with Crippen LogP contribution in [0.3, 0.4) is 0 Å². The van der Waals surface area contributed by atoms with E-state index in [9.17, 15) is 19.2 Å². The molecule has 2 N–H and O–H groups in total. The van der Waals surface area contributed by atoms with Crippen LogP contribution in [0.15, 0.2) is 63.5 Å². The van der Waals surface area contributed by atoms with Crippen LogP contribution >= 0.6 is 11.3 Å². The minimum Gasteiger partial charge on any atom is -0.454 e. The van der Waals surface area contributed by atoms with E-state index < -0.39 is 36.1 Å².